The summed E-state index contributed by atoms with van der Waals surface area (Å²) in [6.45, 7) is 6.88. The number of nitrogens with one attached hydrogen (secondary N) is 1. The SMILES string of the molecule is CC(C)CC(CN(C)C)NC(=O)CCC(C)O. The third kappa shape index (κ3) is 10.3. The van der Waals surface area contributed by atoms with Crippen LogP contribution in [0.2, 0.25) is 0 Å². The molecule has 0 aliphatic rings. The molecule has 0 aromatic rings. The lowest BCUT2D eigenvalue weighted by molar-refractivity contribution is -0.122. The molecule has 1 amide bonds. The Morgan fingerprint density at radius 2 is 1.88 bits per heavy atom. The van der Waals surface area contributed by atoms with Gasteiger partial charge in [0.25, 0.3) is 0 Å². The van der Waals surface area contributed by atoms with Crippen LogP contribution in [0.1, 0.15) is 40.0 Å². The van der Waals surface area contributed by atoms with Crippen molar-refractivity contribution in [2.24, 2.45) is 5.92 Å². The molecule has 0 aromatic carbocycles. The molecule has 2 N–H and O–H groups in total. The van der Waals surface area contributed by atoms with E-state index in [1.54, 1.807) is 6.92 Å². The number of carbonyl (C=O) groups excluding carboxylic acids is 1. The molecule has 0 bridgehead atoms. The molecule has 0 saturated heterocycles. The Balaban J connectivity index is 4.08. The summed E-state index contributed by atoms with van der Waals surface area (Å²) in [5, 5.41) is 12.2. The zero-order valence-electron chi connectivity index (χ0n) is 11.9. The summed E-state index contributed by atoms with van der Waals surface area (Å²) in [7, 11) is 4.02. The van der Waals surface area contributed by atoms with Crippen LogP contribution in [0.5, 0.6) is 0 Å². The maximum atomic E-state index is 11.7. The molecule has 0 fully saturated rings. The van der Waals surface area contributed by atoms with Crippen LogP contribution < -0.4 is 5.32 Å². The van der Waals surface area contributed by atoms with Gasteiger partial charge >= 0.3 is 0 Å². The number of amides is 1. The van der Waals surface area contributed by atoms with Crippen LogP contribution >= 0.6 is 0 Å². The molecule has 0 aliphatic carbocycles. The first-order valence-corrected chi connectivity index (χ1v) is 6.43. The predicted molar refractivity (Wildman–Crippen MR) is 70.9 cm³/mol. The van der Waals surface area contributed by atoms with E-state index in [2.05, 4.69) is 24.1 Å². The van der Waals surface area contributed by atoms with Gasteiger partial charge in [0.05, 0.1) is 6.10 Å². The lowest BCUT2D eigenvalue weighted by Crippen LogP contribution is -2.42. The highest BCUT2D eigenvalue weighted by Gasteiger charge is 2.15. The highest BCUT2D eigenvalue weighted by Crippen LogP contribution is 2.06. The third-order valence-electron chi connectivity index (χ3n) is 2.50. The van der Waals surface area contributed by atoms with Crippen LogP contribution in [0.25, 0.3) is 0 Å². The Kier molecular flexibility index (Phi) is 8.17. The fourth-order valence-electron chi connectivity index (χ4n) is 1.83. The molecule has 0 radical (unpaired) electrons. The summed E-state index contributed by atoms with van der Waals surface area (Å²) < 4.78 is 0. The molecule has 0 aliphatic heterocycles. The summed E-state index contributed by atoms with van der Waals surface area (Å²) >= 11 is 0. The predicted octanol–water partition coefficient (Wildman–Crippen LogP) is 1.24. The number of carbonyl (C=O) groups is 1. The van der Waals surface area contributed by atoms with Crippen molar-refractivity contribution < 1.29 is 9.90 Å². The standard InChI is InChI=1S/C13H28N2O2/c1-10(2)8-12(9-15(4)5)14-13(17)7-6-11(3)16/h10-12,16H,6-9H2,1-5H3,(H,14,17). The Bertz CT molecular complexity index is 205. The summed E-state index contributed by atoms with van der Waals surface area (Å²) in [4.78, 5) is 13.8. The molecule has 4 heteroatoms. The maximum absolute atomic E-state index is 11.7. The minimum absolute atomic E-state index is 0.0402. The number of hydrogen-bond acceptors (Lipinski definition) is 3. The Labute approximate surface area is 105 Å². The van der Waals surface area contributed by atoms with Gasteiger partial charge in [-0.1, -0.05) is 13.8 Å². The van der Waals surface area contributed by atoms with Gasteiger partial charge in [-0.3, -0.25) is 4.79 Å². The third-order valence-corrected chi connectivity index (χ3v) is 2.50. The van der Waals surface area contributed by atoms with E-state index in [0.29, 0.717) is 18.8 Å². The highest BCUT2D eigenvalue weighted by molar-refractivity contribution is 5.76. The topological polar surface area (TPSA) is 52.6 Å². The first-order valence-electron chi connectivity index (χ1n) is 6.43. The molecule has 2 unspecified atom stereocenters. The molecule has 17 heavy (non-hydrogen) atoms. The first kappa shape index (κ1) is 16.4. The zero-order chi connectivity index (χ0) is 13.4. The van der Waals surface area contributed by atoms with E-state index in [4.69, 9.17) is 5.11 Å². The van der Waals surface area contributed by atoms with E-state index in [9.17, 15) is 4.79 Å². The average molecular weight is 244 g/mol. The summed E-state index contributed by atoms with van der Waals surface area (Å²) in [5.41, 5.74) is 0. The van der Waals surface area contributed by atoms with Gasteiger partial charge in [-0.25, -0.2) is 0 Å². The minimum atomic E-state index is -0.404. The van der Waals surface area contributed by atoms with Crippen molar-refractivity contribution >= 4 is 5.91 Å². The monoisotopic (exact) mass is 244 g/mol. The molecule has 0 heterocycles. The van der Waals surface area contributed by atoms with Crippen LogP contribution in [0.3, 0.4) is 0 Å². The number of aliphatic hydroxyl groups is 1. The molecule has 102 valence electrons. The summed E-state index contributed by atoms with van der Waals surface area (Å²) in [6.07, 6.45) is 1.51. The van der Waals surface area contributed by atoms with E-state index in [0.717, 1.165) is 13.0 Å². The van der Waals surface area contributed by atoms with E-state index in [1.165, 1.54) is 0 Å². The van der Waals surface area contributed by atoms with Gasteiger partial charge in [0.1, 0.15) is 0 Å². The van der Waals surface area contributed by atoms with Gasteiger partial charge in [0.15, 0.2) is 0 Å². The minimum Gasteiger partial charge on any atom is -0.393 e. The number of nitrogens with zero attached hydrogens (tertiary/aromatic N) is 1. The molecule has 0 rings (SSSR count). The molecular formula is C13H28N2O2. The van der Waals surface area contributed by atoms with E-state index in [1.807, 2.05) is 14.1 Å². The second-order valence-electron chi connectivity index (χ2n) is 5.54. The van der Waals surface area contributed by atoms with Crippen LogP contribution in [0.4, 0.5) is 0 Å². The fraction of sp³-hybridized carbons (Fsp3) is 0.923. The fourth-order valence-corrected chi connectivity index (χ4v) is 1.83. The van der Waals surface area contributed by atoms with Crippen molar-refractivity contribution in [2.45, 2.75) is 52.2 Å². The van der Waals surface area contributed by atoms with Crippen molar-refractivity contribution in [1.29, 1.82) is 0 Å². The van der Waals surface area contributed by atoms with Gasteiger partial charge < -0.3 is 15.3 Å². The van der Waals surface area contributed by atoms with Gasteiger partial charge in [-0.15, -0.1) is 0 Å². The van der Waals surface area contributed by atoms with Gasteiger partial charge in [0.2, 0.25) is 5.91 Å². The lowest BCUT2D eigenvalue weighted by Gasteiger charge is -2.24. The number of rotatable bonds is 8. The quantitative estimate of drug-likeness (QED) is 0.675. The average Bonchev–Trinajstić information content (AvgIpc) is 2.12. The van der Waals surface area contributed by atoms with Gasteiger partial charge in [-0.05, 0) is 39.8 Å². The van der Waals surface area contributed by atoms with Crippen molar-refractivity contribution in [2.75, 3.05) is 20.6 Å². The van der Waals surface area contributed by atoms with Crippen molar-refractivity contribution in [3.63, 3.8) is 0 Å². The Morgan fingerprint density at radius 3 is 2.29 bits per heavy atom. The molecule has 0 saturated carbocycles. The number of likely N-dealkylation sites (N-methyl/N-ethyl adjacent to an activating group) is 1. The van der Waals surface area contributed by atoms with Crippen LogP contribution in [0, 0.1) is 5.92 Å². The van der Waals surface area contributed by atoms with Crippen LogP contribution in [-0.2, 0) is 4.79 Å². The van der Waals surface area contributed by atoms with Crippen molar-refractivity contribution in [3.05, 3.63) is 0 Å². The Hall–Kier alpha value is -0.610. The van der Waals surface area contributed by atoms with E-state index < -0.39 is 6.10 Å². The molecule has 0 aromatic heterocycles. The largest absolute Gasteiger partial charge is 0.393 e. The highest BCUT2D eigenvalue weighted by atomic mass is 16.3. The van der Waals surface area contributed by atoms with E-state index in [-0.39, 0.29) is 11.9 Å². The van der Waals surface area contributed by atoms with Crippen molar-refractivity contribution in [3.8, 4) is 0 Å². The second-order valence-corrected chi connectivity index (χ2v) is 5.54. The summed E-state index contributed by atoms with van der Waals surface area (Å²) in [6, 6.07) is 0.200. The van der Waals surface area contributed by atoms with E-state index >= 15 is 0 Å². The number of hydrogen-bond donors (Lipinski definition) is 2. The maximum Gasteiger partial charge on any atom is 0.220 e. The van der Waals surface area contributed by atoms with Crippen molar-refractivity contribution in [1.82, 2.24) is 10.2 Å². The van der Waals surface area contributed by atoms with Gasteiger partial charge in [-0.2, -0.15) is 0 Å². The zero-order valence-corrected chi connectivity index (χ0v) is 11.9. The molecule has 0 spiro atoms. The van der Waals surface area contributed by atoms with Crippen LogP contribution in [0.15, 0.2) is 0 Å². The number of aliphatic hydroxyl groups excluding tert-OH is 1. The smallest absolute Gasteiger partial charge is 0.220 e. The van der Waals surface area contributed by atoms with Gasteiger partial charge in [0, 0.05) is 19.0 Å². The lowest BCUT2D eigenvalue weighted by atomic mass is 10.0. The molecule has 2 atom stereocenters. The molecule has 4 nitrogen and oxygen atoms in total. The summed E-state index contributed by atoms with van der Waals surface area (Å²) in [5.74, 6) is 0.607. The normalized spacial score (nSPS) is 15.1. The first-order chi connectivity index (χ1) is 7.81. The molecular weight excluding hydrogens is 216 g/mol. The second kappa shape index (κ2) is 8.48. The Morgan fingerprint density at radius 1 is 1.29 bits per heavy atom. The van der Waals surface area contributed by atoms with Crippen LogP contribution in [-0.4, -0.2) is 48.7 Å².